The first-order valence-corrected chi connectivity index (χ1v) is 6.38. The van der Waals surface area contributed by atoms with E-state index >= 15 is 0 Å². The van der Waals surface area contributed by atoms with Crippen molar-refractivity contribution >= 4 is 11.6 Å². The van der Waals surface area contributed by atoms with Crippen LogP contribution in [0.3, 0.4) is 0 Å². The number of hydrogen-bond donors (Lipinski definition) is 2. The van der Waals surface area contributed by atoms with Gasteiger partial charge in [0.25, 0.3) is 0 Å². The van der Waals surface area contributed by atoms with Gasteiger partial charge in [-0.25, -0.2) is 9.97 Å². The molecule has 0 aliphatic carbocycles. The van der Waals surface area contributed by atoms with Gasteiger partial charge in [-0.2, -0.15) is 13.2 Å². The summed E-state index contributed by atoms with van der Waals surface area (Å²) in [6.45, 7) is 3.22. The Labute approximate surface area is 114 Å². The predicted molar refractivity (Wildman–Crippen MR) is 68.6 cm³/mol. The molecule has 1 fully saturated rings. The Balaban J connectivity index is 2.17. The molecule has 1 aromatic heterocycles. The minimum atomic E-state index is -4.57. The summed E-state index contributed by atoms with van der Waals surface area (Å²) in [5.74, 6) is -0.583. The SMILES string of the molecule is CNc1cc(NC(C)C2CCOC2)nc(C(F)(F)F)n1. The second-order valence-electron chi connectivity index (χ2n) is 4.77. The molecule has 5 nitrogen and oxygen atoms in total. The van der Waals surface area contributed by atoms with E-state index in [2.05, 4.69) is 20.6 Å². The van der Waals surface area contributed by atoms with Crippen molar-refractivity contribution in [3.05, 3.63) is 11.9 Å². The van der Waals surface area contributed by atoms with Gasteiger partial charge in [-0.1, -0.05) is 0 Å². The Morgan fingerprint density at radius 1 is 1.35 bits per heavy atom. The molecule has 1 aromatic rings. The van der Waals surface area contributed by atoms with Crippen LogP contribution < -0.4 is 10.6 Å². The molecule has 0 aromatic carbocycles. The lowest BCUT2D eigenvalue weighted by Crippen LogP contribution is -2.27. The van der Waals surface area contributed by atoms with Crippen molar-refractivity contribution in [2.24, 2.45) is 5.92 Å². The van der Waals surface area contributed by atoms with E-state index in [9.17, 15) is 13.2 Å². The molecule has 112 valence electrons. The topological polar surface area (TPSA) is 59.1 Å². The zero-order valence-corrected chi connectivity index (χ0v) is 11.3. The van der Waals surface area contributed by atoms with Gasteiger partial charge in [0.05, 0.1) is 6.61 Å². The number of halogens is 3. The number of anilines is 2. The van der Waals surface area contributed by atoms with Crippen LogP contribution in [0.5, 0.6) is 0 Å². The van der Waals surface area contributed by atoms with E-state index < -0.39 is 12.0 Å². The maximum atomic E-state index is 12.7. The van der Waals surface area contributed by atoms with Crippen molar-refractivity contribution in [2.75, 3.05) is 30.9 Å². The quantitative estimate of drug-likeness (QED) is 0.891. The molecule has 1 saturated heterocycles. The standard InChI is InChI=1S/C12H17F3N4O/c1-7(8-3-4-20-6-8)17-10-5-9(16-2)18-11(19-10)12(13,14)15/h5,7-8H,3-4,6H2,1-2H3,(H2,16,17,18,19). The van der Waals surface area contributed by atoms with Crippen LogP contribution in [0, 0.1) is 5.92 Å². The van der Waals surface area contributed by atoms with E-state index in [1.165, 1.54) is 13.1 Å². The van der Waals surface area contributed by atoms with Crippen LogP contribution in [0.2, 0.25) is 0 Å². The molecule has 2 N–H and O–H groups in total. The van der Waals surface area contributed by atoms with E-state index in [1.807, 2.05) is 6.92 Å². The van der Waals surface area contributed by atoms with Gasteiger partial charge < -0.3 is 15.4 Å². The van der Waals surface area contributed by atoms with Gasteiger partial charge in [0.1, 0.15) is 11.6 Å². The molecule has 8 heteroatoms. The summed E-state index contributed by atoms with van der Waals surface area (Å²) in [5.41, 5.74) is 0. The summed E-state index contributed by atoms with van der Waals surface area (Å²) in [6.07, 6.45) is -3.67. The fourth-order valence-corrected chi connectivity index (χ4v) is 2.07. The van der Waals surface area contributed by atoms with E-state index in [0.29, 0.717) is 13.2 Å². The highest BCUT2D eigenvalue weighted by Gasteiger charge is 2.35. The molecule has 1 aliphatic rings. The van der Waals surface area contributed by atoms with Gasteiger partial charge in [-0.05, 0) is 13.3 Å². The molecule has 2 heterocycles. The lowest BCUT2D eigenvalue weighted by molar-refractivity contribution is -0.144. The van der Waals surface area contributed by atoms with Crippen molar-refractivity contribution in [1.82, 2.24) is 9.97 Å². The molecular formula is C12H17F3N4O. The summed E-state index contributed by atoms with van der Waals surface area (Å²) in [7, 11) is 1.51. The van der Waals surface area contributed by atoms with Gasteiger partial charge >= 0.3 is 6.18 Å². The molecule has 2 rings (SSSR count). The van der Waals surface area contributed by atoms with Crippen LogP contribution in [0.4, 0.5) is 24.8 Å². The summed E-state index contributed by atoms with van der Waals surface area (Å²) in [4.78, 5) is 6.95. The monoisotopic (exact) mass is 290 g/mol. The molecule has 0 amide bonds. The van der Waals surface area contributed by atoms with E-state index in [4.69, 9.17) is 4.74 Å². The number of ether oxygens (including phenoxy) is 1. The van der Waals surface area contributed by atoms with Gasteiger partial charge in [0.15, 0.2) is 0 Å². The van der Waals surface area contributed by atoms with Crippen LogP contribution in [0.15, 0.2) is 6.07 Å². The van der Waals surface area contributed by atoms with Crippen LogP contribution in [-0.2, 0) is 10.9 Å². The molecule has 2 atom stereocenters. The van der Waals surface area contributed by atoms with Crippen LogP contribution in [-0.4, -0.2) is 36.3 Å². The normalized spacial score (nSPS) is 20.8. The number of rotatable bonds is 4. The number of alkyl halides is 3. The van der Waals surface area contributed by atoms with Gasteiger partial charge in [-0.15, -0.1) is 0 Å². The lowest BCUT2D eigenvalue weighted by Gasteiger charge is -2.20. The highest BCUT2D eigenvalue weighted by molar-refractivity contribution is 5.48. The minimum Gasteiger partial charge on any atom is -0.381 e. The molecule has 0 bridgehead atoms. The van der Waals surface area contributed by atoms with E-state index in [1.54, 1.807) is 0 Å². The van der Waals surface area contributed by atoms with Crippen LogP contribution in [0.1, 0.15) is 19.2 Å². The lowest BCUT2D eigenvalue weighted by atomic mass is 10.0. The van der Waals surface area contributed by atoms with Crippen molar-refractivity contribution in [3.63, 3.8) is 0 Å². The zero-order chi connectivity index (χ0) is 14.8. The van der Waals surface area contributed by atoms with Crippen molar-refractivity contribution in [3.8, 4) is 0 Å². The molecule has 20 heavy (non-hydrogen) atoms. The van der Waals surface area contributed by atoms with Crippen molar-refractivity contribution in [2.45, 2.75) is 25.6 Å². The third kappa shape index (κ3) is 3.50. The highest BCUT2D eigenvalue weighted by atomic mass is 19.4. The summed E-state index contributed by atoms with van der Waals surface area (Å²) in [5, 5.41) is 5.61. The Bertz CT molecular complexity index is 461. The van der Waals surface area contributed by atoms with Crippen molar-refractivity contribution in [1.29, 1.82) is 0 Å². The highest BCUT2D eigenvalue weighted by Crippen LogP contribution is 2.29. The third-order valence-electron chi connectivity index (χ3n) is 3.28. The predicted octanol–water partition coefficient (Wildman–Crippen LogP) is 2.37. The average molecular weight is 290 g/mol. The summed E-state index contributed by atoms with van der Waals surface area (Å²) < 4.78 is 43.4. The smallest absolute Gasteiger partial charge is 0.381 e. The molecule has 1 aliphatic heterocycles. The largest absolute Gasteiger partial charge is 0.451 e. The second-order valence-corrected chi connectivity index (χ2v) is 4.77. The molecule has 0 spiro atoms. The second kappa shape index (κ2) is 5.82. The van der Waals surface area contributed by atoms with E-state index in [0.717, 1.165) is 6.42 Å². The molecule has 0 radical (unpaired) electrons. The Morgan fingerprint density at radius 2 is 2.05 bits per heavy atom. The molecule has 0 saturated carbocycles. The number of nitrogens with one attached hydrogen (secondary N) is 2. The minimum absolute atomic E-state index is 0.0156. The average Bonchev–Trinajstić information content (AvgIpc) is 2.91. The van der Waals surface area contributed by atoms with Gasteiger partial charge in [0.2, 0.25) is 5.82 Å². The fourth-order valence-electron chi connectivity index (χ4n) is 2.07. The molecular weight excluding hydrogens is 273 g/mol. The Kier molecular flexibility index (Phi) is 4.32. The van der Waals surface area contributed by atoms with Crippen molar-refractivity contribution < 1.29 is 17.9 Å². The Morgan fingerprint density at radius 3 is 2.60 bits per heavy atom. The van der Waals surface area contributed by atoms with Gasteiger partial charge in [0, 0.05) is 31.7 Å². The zero-order valence-electron chi connectivity index (χ0n) is 11.3. The first kappa shape index (κ1) is 14.8. The first-order chi connectivity index (χ1) is 9.40. The number of hydrogen-bond acceptors (Lipinski definition) is 5. The first-order valence-electron chi connectivity index (χ1n) is 6.38. The van der Waals surface area contributed by atoms with Gasteiger partial charge in [-0.3, -0.25) is 0 Å². The maximum Gasteiger partial charge on any atom is 0.451 e. The number of aromatic nitrogens is 2. The maximum absolute atomic E-state index is 12.7. The molecule has 2 unspecified atom stereocenters. The summed E-state index contributed by atoms with van der Waals surface area (Å²) >= 11 is 0. The van der Waals surface area contributed by atoms with E-state index in [-0.39, 0.29) is 23.6 Å². The van der Waals surface area contributed by atoms with Crippen LogP contribution >= 0.6 is 0 Å². The Hall–Kier alpha value is -1.57. The summed E-state index contributed by atoms with van der Waals surface area (Å²) in [6, 6.07) is 1.44. The number of nitrogens with zero attached hydrogens (tertiary/aromatic N) is 2. The fraction of sp³-hybridized carbons (Fsp3) is 0.667. The third-order valence-corrected chi connectivity index (χ3v) is 3.28. The van der Waals surface area contributed by atoms with Crippen LogP contribution in [0.25, 0.3) is 0 Å².